The minimum atomic E-state index is 0.0161. The van der Waals surface area contributed by atoms with Gasteiger partial charge in [0, 0.05) is 17.7 Å². The molecule has 1 unspecified atom stereocenters. The van der Waals surface area contributed by atoms with E-state index >= 15 is 0 Å². The lowest BCUT2D eigenvalue weighted by atomic mass is 9.92. The maximum Gasteiger partial charge on any atom is 0.251 e. The lowest BCUT2D eigenvalue weighted by Gasteiger charge is -2.30. The van der Waals surface area contributed by atoms with Crippen molar-refractivity contribution in [2.45, 2.75) is 25.7 Å². The first-order valence-electron chi connectivity index (χ1n) is 5.91. The predicted molar refractivity (Wildman–Crippen MR) is 61.9 cm³/mol. The molecule has 2 aliphatic heterocycles. The van der Waals surface area contributed by atoms with Crippen LogP contribution < -0.4 is 10.9 Å². The van der Waals surface area contributed by atoms with Gasteiger partial charge in [0.2, 0.25) is 0 Å². The Kier molecular flexibility index (Phi) is 2.74. The number of pyridine rings is 1. The Hall–Kier alpha value is -1.17. The molecule has 1 atom stereocenters. The van der Waals surface area contributed by atoms with Crippen LogP contribution in [-0.2, 0) is 29.1 Å². The summed E-state index contributed by atoms with van der Waals surface area (Å²) in [6.45, 7) is 2.30. The monoisotopic (exact) mass is 236 g/mol. The van der Waals surface area contributed by atoms with E-state index < -0.39 is 0 Å². The van der Waals surface area contributed by atoms with Gasteiger partial charge < -0.3 is 19.8 Å². The molecule has 0 fully saturated rings. The molecule has 1 aromatic heterocycles. The Morgan fingerprint density at radius 2 is 2.18 bits per heavy atom. The summed E-state index contributed by atoms with van der Waals surface area (Å²) in [6.07, 6.45) is 0.704. The lowest BCUT2D eigenvalue weighted by Crippen LogP contribution is -2.34. The van der Waals surface area contributed by atoms with Gasteiger partial charge in [-0.1, -0.05) is 0 Å². The van der Waals surface area contributed by atoms with Gasteiger partial charge in [0.25, 0.3) is 5.56 Å². The number of nitrogens with one attached hydrogen (secondary N) is 2. The summed E-state index contributed by atoms with van der Waals surface area (Å²) in [5.41, 5.74) is 4.04. The Labute approximate surface area is 99.1 Å². The van der Waals surface area contributed by atoms with Crippen molar-refractivity contribution >= 4 is 0 Å². The van der Waals surface area contributed by atoms with Gasteiger partial charge in [-0.05, 0) is 18.2 Å². The molecule has 5 nitrogen and oxygen atoms in total. The average Bonchev–Trinajstić information content (AvgIpc) is 2.38. The number of H-pyrrole nitrogens is 1. The molecule has 2 N–H and O–H groups in total. The number of hydrogen-bond acceptors (Lipinski definition) is 4. The van der Waals surface area contributed by atoms with Crippen LogP contribution in [-0.4, -0.2) is 25.2 Å². The molecule has 1 aromatic rings. The number of rotatable bonds is 1. The van der Waals surface area contributed by atoms with Crippen LogP contribution in [0.5, 0.6) is 0 Å². The Bertz CT molecular complexity index is 495. The third-order valence-electron chi connectivity index (χ3n) is 3.52. The van der Waals surface area contributed by atoms with Crippen LogP contribution >= 0.6 is 0 Å². The molecule has 0 saturated heterocycles. The van der Waals surface area contributed by atoms with E-state index in [1.54, 1.807) is 0 Å². The van der Waals surface area contributed by atoms with Gasteiger partial charge in [0.1, 0.15) is 0 Å². The highest BCUT2D eigenvalue weighted by Crippen LogP contribution is 2.29. The SMILES string of the molecule is CNC1COCc2[nH]c(=O)c3c(c21)COCC3. The summed E-state index contributed by atoms with van der Waals surface area (Å²) >= 11 is 0. The smallest absolute Gasteiger partial charge is 0.251 e. The normalized spacial score (nSPS) is 23.0. The summed E-state index contributed by atoms with van der Waals surface area (Å²) in [7, 11) is 1.91. The Morgan fingerprint density at radius 1 is 1.29 bits per heavy atom. The zero-order valence-electron chi connectivity index (χ0n) is 9.84. The summed E-state index contributed by atoms with van der Waals surface area (Å²) < 4.78 is 11.0. The number of ether oxygens (including phenoxy) is 2. The number of fused-ring (bicyclic) bond motifs is 3. The standard InChI is InChI=1S/C12H16N2O3/c1-13-9-5-17-6-10-11(9)8-4-16-3-2-7(8)12(15)14-10/h9,13H,2-6H2,1H3,(H,14,15). The molecule has 92 valence electrons. The third-order valence-corrected chi connectivity index (χ3v) is 3.52. The third kappa shape index (κ3) is 1.71. The van der Waals surface area contributed by atoms with Gasteiger partial charge in [0.05, 0.1) is 32.5 Å². The van der Waals surface area contributed by atoms with E-state index in [0.717, 1.165) is 16.8 Å². The lowest BCUT2D eigenvalue weighted by molar-refractivity contribution is 0.0744. The van der Waals surface area contributed by atoms with Crippen molar-refractivity contribution in [1.82, 2.24) is 10.3 Å². The fourth-order valence-corrected chi connectivity index (χ4v) is 2.66. The highest BCUT2D eigenvalue weighted by atomic mass is 16.5. The van der Waals surface area contributed by atoms with E-state index in [9.17, 15) is 4.79 Å². The molecule has 3 rings (SSSR count). The van der Waals surface area contributed by atoms with Crippen LogP contribution in [0, 0.1) is 0 Å². The van der Waals surface area contributed by atoms with Gasteiger partial charge in [-0.2, -0.15) is 0 Å². The van der Waals surface area contributed by atoms with Crippen LogP contribution in [0.4, 0.5) is 0 Å². The van der Waals surface area contributed by atoms with Crippen molar-refractivity contribution in [3.63, 3.8) is 0 Å². The van der Waals surface area contributed by atoms with Crippen molar-refractivity contribution < 1.29 is 9.47 Å². The molecular weight excluding hydrogens is 220 g/mol. The van der Waals surface area contributed by atoms with E-state index in [1.165, 1.54) is 5.56 Å². The first-order chi connectivity index (χ1) is 8.31. The number of aromatic nitrogens is 1. The van der Waals surface area contributed by atoms with Crippen LogP contribution in [0.1, 0.15) is 28.4 Å². The van der Waals surface area contributed by atoms with Crippen molar-refractivity contribution in [2.24, 2.45) is 0 Å². The van der Waals surface area contributed by atoms with Crippen molar-refractivity contribution in [3.05, 3.63) is 32.7 Å². The summed E-state index contributed by atoms with van der Waals surface area (Å²) in [5, 5.41) is 3.23. The average molecular weight is 236 g/mol. The molecule has 0 aliphatic carbocycles. The molecule has 0 aromatic carbocycles. The van der Waals surface area contributed by atoms with E-state index in [1.807, 2.05) is 7.05 Å². The zero-order valence-corrected chi connectivity index (χ0v) is 9.84. The molecular formula is C12H16N2O3. The minimum Gasteiger partial charge on any atom is -0.376 e. The summed E-state index contributed by atoms with van der Waals surface area (Å²) in [4.78, 5) is 14.9. The number of hydrogen-bond donors (Lipinski definition) is 2. The van der Waals surface area contributed by atoms with Crippen LogP contribution in [0.15, 0.2) is 4.79 Å². The van der Waals surface area contributed by atoms with Crippen molar-refractivity contribution in [2.75, 3.05) is 20.3 Å². The topological polar surface area (TPSA) is 63.3 Å². The second-order valence-corrected chi connectivity index (χ2v) is 4.46. The molecule has 5 heteroatoms. The molecule has 17 heavy (non-hydrogen) atoms. The fraction of sp³-hybridized carbons (Fsp3) is 0.583. The van der Waals surface area contributed by atoms with Gasteiger partial charge in [0.15, 0.2) is 0 Å². The first kappa shape index (κ1) is 11.0. The van der Waals surface area contributed by atoms with Gasteiger partial charge in [-0.3, -0.25) is 4.79 Å². The van der Waals surface area contributed by atoms with Crippen LogP contribution in [0.2, 0.25) is 0 Å². The Balaban J connectivity index is 2.21. The quantitative estimate of drug-likeness (QED) is 0.733. The molecule has 0 saturated carbocycles. The maximum atomic E-state index is 11.9. The van der Waals surface area contributed by atoms with Crippen molar-refractivity contribution in [3.8, 4) is 0 Å². The zero-order chi connectivity index (χ0) is 11.8. The van der Waals surface area contributed by atoms with Gasteiger partial charge in [-0.25, -0.2) is 0 Å². The number of aromatic amines is 1. The molecule has 0 amide bonds. The second-order valence-electron chi connectivity index (χ2n) is 4.46. The van der Waals surface area contributed by atoms with E-state index in [2.05, 4.69) is 10.3 Å². The molecule has 0 bridgehead atoms. The highest BCUT2D eigenvalue weighted by Gasteiger charge is 2.28. The predicted octanol–water partition coefficient (Wildman–Crippen LogP) is 0.238. The number of likely N-dealkylation sites (N-methyl/N-ethyl adjacent to an activating group) is 1. The summed E-state index contributed by atoms with van der Waals surface area (Å²) in [5.74, 6) is 0. The summed E-state index contributed by atoms with van der Waals surface area (Å²) in [6, 6.07) is 0.144. The molecule has 0 spiro atoms. The largest absolute Gasteiger partial charge is 0.376 e. The van der Waals surface area contributed by atoms with Gasteiger partial charge >= 0.3 is 0 Å². The van der Waals surface area contributed by atoms with E-state index in [0.29, 0.717) is 32.8 Å². The van der Waals surface area contributed by atoms with Crippen LogP contribution in [0.25, 0.3) is 0 Å². The molecule has 0 radical (unpaired) electrons. The fourth-order valence-electron chi connectivity index (χ4n) is 2.66. The van der Waals surface area contributed by atoms with E-state index in [-0.39, 0.29) is 11.6 Å². The molecule has 3 heterocycles. The van der Waals surface area contributed by atoms with E-state index in [4.69, 9.17) is 9.47 Å². The minimum absolute atomic E-state index is 0.0161. The van der Waals surface area contributed by atoms with Gasteiger partial charge in [-0.15, -0.1) is 0 Å². The maximum absolute atomic E-state index is 11.9. The Morgan fingerprint density at radius 3 is 3.00 bits per heavy atom. The van der Waals surface area contributed by atoms with Crippen LogP contribution in [0.3, 0.4) is 0 Å². The first-order valence-corrected chi connectivity index (χ1v) is 5.91. The van der Waals surface area contributed by atoms with Crippen molar-refractivity contribution in [1.29, 1.82) is 0 Å². The highest BCUT2D eigenvalue weighted by molar-refractivity contribution is 5.40. The second kappa shape index (κ2) is 4.25. The molecule has 2 aliphatic rings.